The van der Waals surface area contributed by atoms with Crippen LogP contribution in [0.1, 0.15) is 43.6 Å². The van der Waals surface area contributed by atoms with Gasteiger partial charge in [-0.15, -0.1) is 0 Å². The van der Waals surface area contributed by atoms with Crippen LogP contribution < -0.4 is 10.6 Å². The zero-order chi connectivity index (χ0) is 22.2. The lowest BCUT2D eigenvalue weighted by Crippen LogP contribution is -2.56. The van der Waals surface area contributed by atoms with Gasteiger partial charge < -0.3 is 25.5 Å². The van der Waals surface area contributed by atoms with Crippen LogP contribution in [0.4, 0.5) is 10.7 Å². The normalized spacial score (nSPS) is 17.6. The van der Waals surface area contributed by atoms with E-state index in [0.717, 1.165) is 16.8 Å². The fourth-order valence-corrected chi connectivity index (χ4v) is 4.09. The van der Waals surface area contributed by atoms with E-state index in [1.54, 1.807) is 22.9 Å². The molecule has 32 heavy (non-hydrogen) atoms. The molecule has 2 aliphatic rings. The second kappa shape index (κ2) is 9.33. The molecule has 3 N–H and O–H groups in total. The molecule has 172 valence electrons. The number of urea groups is 1. The fraction of sp³-hybridized carbons (Fsp3) is 0.455. The van der Waals surface area contributed by atoms with Crippen LogP contribution in [0.5, 0.6) is 0 Å². The van der Waals surface area contributed by atoms with Crippen molar-refractivity contribution in [1.29, 1.82) is 0 Å². The van der Waals surface area contributed by atoms with Crippen molar-refractivity contribution < 1.29 is 14.7 Å². The maximum Gasteiger partial charge on any atom is 0.319 e. The maximum absolute atomic E-state index is 13.1. The van der Waals surface area contributed by atoms with Gasteiger partial charge in [0.15, 0.2) is 0 Å². The number of aliphatic hydroxyl groups is 1. The first kappa shape index (κ1) is 23.8. The summed E-state index contributed by atoms with van der Waals surface area (Å²) in [5.41, 5.74) is 1.95. The van der Waals surface area contributed by atoms with Gasteiger partial charge in [-0.3, -0.25) is 4.79 Å². The van der Waals surface area contributed by atoms with Gasteiger partial charge in [-0.05, 0) is 19.4 Å². The van der Waals surface area contributed by atoms with Crippen molar-refractivity contribution in [1.82, 2.24) is 25.1 Å². The Hall–Kier alpha value is -2.85. The number of rotatable bonds is 5. The van der Waals surface area contributed by atoms with Crippen molar-refractivity contribution in [3.8, 4) is 0 Å². The molecule has 0 aliphatic carbocycles. The molecule has 1 fully saturated rings. The van der Waals surface area contributed by atoms with E-state index in [1.807, 2.05) is 44.2 Å². The number of fused-ring (bicyclic) bond motifs is 1. The molecule has 3 heterocycles. The van der Waals surface area contributed by atoms with Crippen LogP contribution in [0.2, 0.25) is 0 Å². The predicted octanol–water partition coefficient (Wildman–Crippen LogP) is 1.73. The van der Waals surface area contributed by atoms with Crippen LogP contribution in [0.15, 0.2) is 36.5 Å². The average Bonchev–Trinajstić information content (AvgIpc) is 2.99. The first-order valence-corrected chi connectivity index (χ1v) is 10.4. The lowest BCUT2D eigenvalue weighted by molar-refractivity contribution is -0.132. The van der Waals surface area contributed by atoms with Crippen molar-refractivity contribution in [2.45, 2.75) is 44.9 Å². The van der Waals surface area contributed by atoms with Crippen molar-refractivity contribution in [2.24, 2.45) is 0 Å². The third kappa shape index (κ3) is 4.51. The Morgan fingerprint density at radius 1 is 1.25 bits per heavy atom. The van der Waals surface area contributed by atoms with Gasteiger partial charge in [0.2, 0.25) is 11.9 Å². The zero-order valence-electron chi connectivity index (χ0n) is 18.5. The van der Waals surface area contributed by atoms with Crippen LogP contribution >= 0.6 is 13.5 Å². The van der Waals surface area contributed by atoms with Gasteiger partial charge in [-0.25, -0.2) is 14.8 Å². The molecule has 0 radical (unpaired) electrons. The molecule has 4 rings (SSSR count). The minimum absolute atomic E-state index is 0. The quantitative estimate of drug-likeness (QED) is 0.629. The van der Waals surface area contributed by atoms with Gasteiger partial charge in [0.05, 0.1) is 36.5 Å². The van der Waals surface area contributed by atoms with E-state index >= 15 is 0 Å². The molecule has 0 spiro atoms. The highest BCUT2D eigenvalue weighted by molar-refractivity contribution is 7.59. The Bertz CT molecular complexity index is 981. The Kier molecular flexibility index (Phi) is 6.94. The lowest BCUT2D eigenvalue weighted by atomic mass is 9.97. The van der Waals surface area contributed by atoms with Gasteiger partial charge in [0, 0.05) is 31.8 Å². The number of carbonyl (C=O) groups excluding carboxylic acids is 2. The highest BCUT2D eigenvalue weighted by atomic mass is 32.1. The molecule has 3 amide bonds. The monoisotopic (exact) mass is 458 g/mol. The SMILES string of the molecule is CC(=O)N1CC(Nc2ncc3c(n2)CN(C(=O)N[C@H](CO)c2ccccc2)C3(C)C)C1.S. The number of nitrogens with zero attached hydrogens (tertiary/aromatic N) is 4. The maximum atomic E-state index is 13.1. The van der Waals surface area contributed by atoms with Crippen LogP contribution in [0.3, 0.4) is 0 Å². The minimum Gasteiger partial charge on any atom is -0.394 e. The Morgan fingerprint density at radius 3 is 2.56 bits per heavy atom. The van der Waals surface area contributed by atoms with Gasteiger partial charge in [-0.1, -0.05) is 30.3 Å². The van der Waals surface area contributed by atoms with Crippen molar-refractivity contribution >= 4 is 31.4 Å². The molecule has 2 aliphatic heterocycles. The van der Waals surface area contributed by atoms with Crippen LogP contribution in [-0.2, 0) is 16.9 Å². The number of aliphatic hydroxyl groups excluding tert-OH is 1. The number of carbonyl (C=O) groups is 2. The van der Waals surface area contributed by atoms with Crippen molar-refractivity contribution in [3.63, 3.8) is 0 Å². The summed E-state index contributed by atoms with van der Waals surface area (Å²) in [6.07, 6.45) is 1.76. The molecule has 2 aromatic rings. The summed E-state index contributed by atoms with van der Waals surface area (Å²) in [4.78, 5) is 37.0. The van der Waals surface area contributed by atoms with Crippen LogP contribution in [0, 0.1) is 0 Å². The molecule has 1 aromatic heterocycles. The molecule has 0 saturated carbocycles. The molecular weight excluding hydrogens is 428 g/mol. The molecule has 1 aromatic carbocycles. The van der Waals surface area contributed by atoms with Gasteiger partial charge >= 0.3 is 6.03 Å². The summed E-state index contributed by atoms with van der Waals surface area (Å²) >= 11 is 0. The largest absolute Gasteiger partial charge is 0.394 e. The highest BCUT2D eigenvalue weighted by Crippen LogP contribution is 2.38. The summed E-state index contributed by atoms with van der Waals surface area (Å²) < 4.78 is 0. The fourth-order valence-electron chi connectivity index (χ4n) is 4.09. The molecular formula is C22H30N6O3S. The summed E-state index contributed by atoms with van der Waals surface area (Å²) in [5.74, 6) is 0.565. The van der Waals surface area contributed by atoms with E-state index in [1.165, 1.54) is 0 Å². The Balaban J connectivity index is 0.00000289. The third-order valence-corrected chi connectivity index (χ3v) is 6.10. The molecule has 10 heteroatoms. The summed E-state index contributed by atoms with van der Waals surface area (Å²) in [5, 5.41) is 16.0. The number of hydrogen-bond donors (Lipinski definition) is 3. The van der Waals surface area contributed by atoms with E-state index < -0.39 is 11.6 Å². The smallest absolute Gasteiger partial charge is 0.319 e. The number of anilines is 1. The Morgan fingerprint density at radius 2 is 1.94 bits per heavy atom. The van der Waals surface area contributed by atoms with E-state index in [2.05, 4.69) is 20.6 Å². The molecule has 0 unspecified atom stereocenters. The van der Waals surface area contributed by atoms with E-state index in [-0.39, 0.29) is 38.1 Å². The number of aromatic nitrogens is 2. The van der Waals surface area contributed by atoms with E-state index in [4.69, 9.17) is 0 Å². The number of likely N-dealkylation sites (tertiary alicyclic amines) is 1. The molecule has 1 atom stereocenters. The number of nitrogens with one attached hydrogen (secondary N) is 2. The van der Waals surface area contributed by atoms with Crippen LogP contribution in [-0.4, -0.2) is 62.6 Å². The predicted molar refractivity (Wildman–Crippen MR) is 125 cm³/mol. The van der Waals surface area contributed by atoms with E-state index in [0.29, 0.717) is 25.6 Å². The minimum atomic E-state index is -0.587. The topological polar surface area (TPSA) is 111 Å². The van der Waals surface area contributed by atoms with Gasteiger partial charge in [0.25, 0.3) is 0 Å². The van der Waals surface area contributed by atoms with Gasteiger partial charge in [0.1, 0.15) is 0 Å². The highest BCUT2D eigenvalue weighted by Gasteiger charge is 2.42. The second-order valence-corrected chi connectivity index (χ2v) is 8.56. The average molecular weight is 459 g/mol. The first-order valence-electron chi connectivity index (χ1n) is 10.4. The first-order chi connectivity index (χ1) is 14.8. The summed E-state index contributed by atoms with van der Waals surface area (Å²) in [6.45, 7) is 6.91. The third-order valence-electron chi connectivity index (χ3n) is 6.10. The van der Waals surface area contributed by atoms with Crippen LogP contribution in [0.25, 0.3) is 0 Å². The van der Waals surface area contributed by atoms with Gasteiger partial charge in [-0.2, -0.15) is 13.5 Å². The van der Waals surface area contributed by atoms with E-state index in [9.17, 15) is 14.7 Å². The van der Waals surface area contributed by atoms with Crippen molar-refractivity contribution in [2.75, 3.05) is 25.0 Å². The summed E-state index contributed by atoms with van der Waals surface area (Å²) in [7, 11) is 0. The number of amides is 3. The number of benzene rings is 1. The molecule has 1 saturated heterocycles. The van der Waals surface area contributed by atoms with Crippen molar-refractivity contribution in [3.05, 3.63) is 53.3 Å². The number of hydrogen-bond acceptors (Lipinski definition) is 6. The standard InChI is InChI=1S/C22H28N6O3.H2S/c1-14(30)27-10-16(11-27)24-20-23-9-17-18(25-20)12-28(22(17,2)3)21(31)26-19(13-29)15-7-5-4-6-8-15;/h4-9,16,19,29H,10-13H2,1-3H3,(H,26,31)(H,23,24,25);1H2/t19-;/m1./s1. The molecule has 0 bridgehead atoms. The molecule has 9 nitrogen and oxygen atoms in total. The summed E-state index contributed by atoms with van der Waals surface area (Å²) in [6, 6.07) is 8.78. The second-order valence-electron chi connectivity index (χ2n) is 8.56. The Labute approximate surface area is 194 Å². The zero-order valence-corrected chi connectivity index (χ0v) is 19.5. The lowest BCUT2D eigenvalue weighted by Gasteiger charge is -2.38.